The van der Waals surface area contributed by atoms with E-state index in [1.807, 2.05) is 0 Å². The second kappa shape index (κ2) is 6.63. The molecule has 0 spiro atoms. The molecule has 0 bridgehead atoms. The molecule has 0 aromatic heterocycles. The lowest BCUT2D eigenvalue weighted by atomic mass is 10.1. The molecule has 1 aliphatic carbocycles. The van der Waals surface area contributed by atoms with Gasteiger partial charge in [0.15, 0.2) is 0 Å². The van der Waals surface area contributed by atoms with E-state index in [-0.39, 0.29) is 10.8 Å². The molecule has 0 radical (unpaired) electrons. The smallest absolute Gasteiger partial charge is 0.406 e. The van der Waals surface area contributed by atoms with Crippen molar-refractivity contribution in [3.05, 3.63) is 0 Å². The fourth-order valence-corrected chi connectivity index (χ4v) is 2.14. The number of hydrogen-bond donors (Lipinski definition) is 2. The van der Waals surface area contributed by atoms with Gasteiger partial charge in [0.1, 0.15) is 13.1 Å². The molecule has 110 valence electrons. The van der Waals surface area contributed by atoms with E-state index in [0.29, 0.717) is 6.54 Å². The van der Waals surface area contributed by atoms with Crippen LogP contribution in [0.1, 0.15) is 25.7 Å². The number of aliphatic carboxylic acids is 1. The fourth-order valence-electron chi connectivity index (χ4n) is 2.14. The molecule has 1 rings (SSSR count). The quantitative estimate of drug-likeness (QED) is 0.808. The monoisotopic (exact) mass is 282 g/mol. The van der Waals surface area contributed by atoms with Gasteiger partial charge in [0.25, 0.3) is 0 Å². The zero-order valence-electron chi connectivity index (χ0n) is 10.4. The maximum atomic E-state index is 12.2. The molecule has 5 nitrogen and oxygen atoms in total. The number of amides is 2. The first-order valence-corrected chi connectivity index (χ1v) is 6.09. The molecule has 1 aliphatic rings. The number of carbonyl (C=O) groups is 2. The van der Waals surface area contributed by atoms with Gasteiger partial charge in [-0.05, 0) is 18.8 Å². The van der Waals surface area contributed by atoms with Crippen LogP contribution in [0.5, 0.6) is 0 Å². The van der Waals surface area contributed by atoms with Crippen LogP contribution in [0, 0.1) is 5.92 Å². The van der Waals surface area contributed by atoms with Crippen LogP contribution in [0.25, 0.3) is 0 Å². The number of hydrogen-bond acceptors (Lipinski definition) is 2. The van der Waals surface area contributed by atoms with Crippen molar-refractivity contribution in [2.45, 2.75) is 31.9 Å². The molecule has 0 saturated heterocycles. The van der Waals surface area contributed by atoms with Crippen LogP contribution in [0.15, 0.2) is 0 Å². The Bertz CT molecular complexity index is 328. The van der Waals surface area contributed by atoms with Crippen LogP contribution >= 0.6 is 0 Å². The van der Waals surface area contributed by atoms with E-state index in [2.05, 4.69) is 5.32 Å². The molecule has 0 aliphatic heterocycles. The van der Waals surface area contributed by atoms with E-state index in [0.717, 1.165) is 25.7 Å². The number of nitrogens with zero attached hydrogens (tertiary/aromatic N) is 1. The molecular formula is C11H17F3N2O3. The van der Waals surface area contributed by atoms with E-state index in [1.54, 1.807) is 0 Å². The van der Waals surface area contributed by atoms with E-state index < -0.39 is 31.3 Å². The minimum atomic E-state index is -4.61. The Hall–Kier alpha value is -1.47. The number of rotatable bonds is 5. The Morgan fingerprint density at radius 3 is 2.32 bits per heavy atom. The minimum Gasteiger partial charge on any atom is -0.480 e. The third kappa shape index (κ3) is 6.30. The first-order chi connectivity index (χ1) is 8.78. The Balaban J connectivity index is 2.47. The largest absolute Gasteiger partial charge is 0.480 e. The molecule has 8 heteroatoms. The number of carboxylic acids is 1. The third-order valence-corrected chi connectivity index (χ3v) is 3.00. The van der Waals surface area contributed by atoms with Crippen LogP contribution in [-0.2, 0) is 4.79 Å². The van der Waals surface area contributed by atoms with Crippen molar-refractivity contribution in [3.8, 4) is 0 Å². The Kier molecular flexibility index (Phi) is 5.44. The highest BCUT2D eigenvalue weighted by Gasteiger charge is 2.34. The third-order valence-electron chi connectivity index (χ3n) is 3.00. The first-order valence-electron chi connectivity index (χ1n) is 6.09. The summed E-state index contributed by atoms with van der Waals surface area (Å²) in [5, 5.41) is 10.9. The van der Waals surface area contributed by atoms with E-state index in [9.17, 15) is 22.8 Å². The van der Waals surface area contributed by atoms with Gasteiger partial charge >= 0.3 is 18.2 Å². The summed E-state index contributed by atoms with van der Waals surface area (Å²) in [6.45, 7) is -2.22. The average molecular weight is 282 g/mol. The second-order valence-corrected chi connectivity index (χ2v) is 4.70. The van der Waals surface area contributed by atoms with Crippen molar-refractivity contribution < 1.29 is 27.9 Å². The number of urea groups is 1. The summed E-state index contributed by atoms with van der Waals surface area (Å²) in [4.78, 5) is 22.3. The van der Waals surface area contributed by atoms with Crippen molar-refractivity contribution in [2.24, 2.45) is 5.92 Å². The molecule has 2 amide bonds. The zero-order valence-corrected chi connectivity index (χ0v) is 10.4. The average Bonchev–Trinajstić information content (AvgIpc) is 2.75. The van der Waals surface area contributed by atoms with Crippen molar-refractivity contribution in [3.63, 3.8) is 0 Å². The van der Waals surface area contributed by atoms with Gasteiger partial charge in [-0.3, -0.25) is 4.79 Å². The Morgan fingerprint density at radius 2 is 1.84 bits per heavy atom. The van der Waals surface area contributed by atoms with Crippen LogP contribution in [-0.4, -0.2) is 47.8 Å². The Labute approximate surface area is 108 Å². The highest BCUT2D eigenvalue weighted by atomic mass is 19.4. The SMILES string of the molecule is O=C(O)CN(CC(F)(F)F)C(=O)NCC1CCCC1. The maximum Gasteiger partial charge on any atom is 0.406 e. The molecule has 0 heterocycles. The van der Waals surface area contributed by atoms with E-state index in [1.165, 1.54) is 0 Å². The van der Waals surface area contributed by atoms with E-state index in [4.69, 9.17) is 5.11 Å². The predicted octanol–water partition coefficient (Wildman–Crippen LogP) is 1.84. The summed E-state index contributed by atoms with van der Waals surface area (Å²) in [7, 11) is 0. The van der Waals surface area contributed by atoms with Crippen LogP contribution in [0.4, 0.5) is 18.0 Å². The summed E-state index contributed by atoms with van der Waals surface area (Å²) in [6, 6.07) is -0.980. The van der Waals surface area contributed by atoms with Gasteiger partial charge in [0.2, 0.25) is 0 Å². The lowest BCUT2D eigenvalue weighted by Crippen LogP contribution is -2.47. The fraction of sp³-hybridized carbons (Fsp3) is 0.818. The number of alkyl halides is 3. The highest BCUT2D eigenvalue weighted by Crippen LogP contribution is 2.23. The number of carbonyl (C=O) groups excluding carboxylic acids is 1. The normalized spacial score (nSPS) is 16.4. The maximum absolute atomic E-state index is 12.2. The Morgan fingerprint density at radius 1 is 1.26 bits per heavy atom. The molecule has 0 aromatic rings. The molecule has 0 aromatic carbocycles. The van der Waals surface area contributed by atoms with Gasteiger partial charge in [0, 0.05) is 6.54 Å². The summed E-state index contributed by atoms with van der Waals surface area (Å²) in [5.41, 5.74) is 0. The van der Waals surface area contributed by atoms with Crippen molar-refractivity contribution in [1.82, 2.24) is 10.2 Å². The summed E-state index contributed by atoms with van der Waals surface area (Å²) in [5.74, 6) is -1.19. The van der Waals surface area contributed by atoms with Gasteiger partial charge in [-0.15, -0.1) is 0 Å². The number of nitrogens with one attached hydrogen (secondary N) is 1. The van der Waals surface area contributed by atoms with E-state index >= 15 is 0 Å². The van der Waals surface area contributed by atoms with Crippen molar-refractivity contribution >= 4 is 12.0 Å². The van der Waals surface area contributed by atoms with Gasteiger partial charge in [-0.2, -0.15) is 13.2 Å². The van der Waals surface area contributed by atoms with Gasteiger partial charge in [-0.1, -0.05) is 12.8 Å². The van der Waals surface area contributed by atoms with Crippen molar-refractivity contribution in [1.29, 1.82) is 0 Å². The molecule has 19 heavy (non-hydrogen) atoms. The summed E-state index contributed by atoms with van der Waals surface area (Å²) in [6.07, 6.45) is -0.610. The standard InChI is InChI=1S/C11H17F3N2O3/c12-11(13,14)7-16(6-9(17)18)10(19)15-5-8-3-1-2-4-8/h8H,1-7H2,(H,15,19)(H,17,18). The van der Waals surface area contributed by atoms with Crippen LogP contribution < -0.4 is 5.32 Å². The molecule has 0 atom stereocenters. The summed E-state index contributed by atoms with van der Waals surface area (Å²) >= 11 is 0. The van der Waals surface area contributed by atoms with Crippen LogP contribution in [0.2, 0.25) is 0 Å². The summed E-state index contributed by atoms with van der Waals surface area (Å²) < 4.78 is 36.7. The topological polar surface area (TPSA) is 69.6 Å². The molecular weight excluding hydrogens is 265 g/mol. The predicted molar refractivity (Wildman–Crippen MR) is 60.6 cm³/mol. The van der Waals surface area contributed by atoms with Gasteiger partial charge in [0.05, 0.1) is 0 Å². The van der Waals surface area contributed by atoms with Gasteiger partial charge in [-0.25, -0.2) is 4.79 Å². The lowest BCUT2D eigenvalue weighted by Gasteiger charge is -2.23. The molecule has 0 unspecified atom stereocenters. The molecule has 1 saturated carbocycles. The zero-order chi connectivity index (χ0) is 14.5. The second-order valence-electron chi connectivity index (χ2n) is 4.70. The van der Waals surface area contributed by atoms with Crippen LogP contribution in [0.3, 0.4) is 0 Å². The highest BCUT2D eigenvalue weighted by molar-refractivity contribution is 5.80. The lowest BCUT2D eigenvalue weighted by molar-refractivity contribution is -0.148. The van der Waals surface area contributed by atoms with Crippen molar-refractivity contribution in [2.75, 3.05) is 19.6 Å². The number of halogens is 3. The number of carboxylic acid groups (broad SMARTS) is 1. The molecule has 2 N–H and O–H groups in total. The first kappa shape index (κ1) is 15.6. The van der Waals surface area contributed by atoms with Gasteiger partial charge < -0.3 is 15.3 Å². The molecule has 1 fully saturated rings. The minimum absolute atomic E-state index is 0.261.